The quantitative estimate of drug-likeness (QED) is 0.821. The van der Waals surface area contributed by atoms with Gasteiger partial charge in [-0.1, -0.05) is 0 Å². The molecule has 94 valence electrons. The Morgan fingerprint density at radius 3 is 2.53 bits per heavy atom. The van der Waals surface area contributed by atoms with Crippen molar-refractivity contribution in [1.29, 1.82) is 0 Å². The van der Waals surface area contributed by atoms with Crippen molar-refractivity contribution in [3.8, 4) is 0 Å². The predicted octanol–water partition coefficient (Wildman–Crippen LogP) is 1.67. The van der Waals surface area contributed by atoms with Crippen LogP contribution in [0.3, 0.4) is 0 Å². The first-order valence-electron chi connectivity index (χ1n) is 6.02. The molecule has 1 aliphatic carbocycles. The molecule has 0 heterocycles. The number of hydrogen-bond donors (Lipinski definition) is 2. The van der Waals surface area contributed by atoms with Crippen LogP contribution in [0.5, 0.6) is 0 Å². The van der Waals surface area contributed by atoms with Crippen LogP contribution in [0.25, 0.3) is 0 Å². The minimum atomic E-state index is -0.339. The molecule has 4 heteroatoms. The molecule has 1 saturated carbocycles. The summed E-state index contributed by atoms with van der Waals surface area (Å²) < 4.78 is 13.4. The maximum atomic E-state index is 13.4. The van der Waals surface area contributed by atoms with E-state index < -0.39 is 0 Å². The summed E-state index contributed by atoms with van der Waals surface area (Å²) in [5, 5.41) is 18.2. The van der Waals surface area contributed by atoms with Crippen molar-refractivity contribution < 1.29 is 14.6 Å². The van der Waals surface area contributed by atoms with E-state index in [1.807, 2.05) is 4.90 Å². The van der Waals surface area contributed by atoms with E-state index in [0.29, 0.717) is 18.2 Å². The zero-order chi connectivity index (χ0) is 12.3. The fourth-order valence-corrected chi connectivity index (χ4v) is 2.22. The lowest BCUT2D eigenvalue weighted by molar-refractivity contribution is 0.279. The SMILES string of the molecule is OCCN(c1cc(F)cc(CO)c1)C1CCC1. The van der Waals surface area contributed by atoms with Crippen molar-refractivity contribution in [2.45, 2.75) is 31.9 Å². The van der Waals surface area contributed by atoms with Gasteiger partial charge in [-0.3, -0.25) is 0 Å². The first-order valence-corrected chi connectivity index (χ1v) is 6.02. The van der Waals surface area contributed by atoms with Crippen LogP contribution in [0, 0.1) is 5.82 Å². The largest absolute Gasteiger partial charge is 0.395 e. The van der Waals surface area contributed by atoms with E-state index in [0.717, 1.165) is 18.5 Å². The van der Waals surface area contributed by atoms with Crippen molar-refractivity contribution in [3.05, 3.63) is 29.6 Å². The van der Waals surface area contributed by atoms with Crippen molar-refractivity contribution in [3.63, 3.8) is 0 Å². The molecule has 1 aromatic rings. The maximum Gasteiger partial charge on any atom is 0.125 e. The molecule has 2 N–H and O–H groups in total. The molecule has 0 aromatic heterocycles. The Balaban J connectivity index is 2.24. The molecule has 0 amide bonds. The first-order chi connectivity index (χ1) is 8.24. The van der Waals surface area contributed by atoms with Gasteiger partial charge in [0.15, 0.2) is 0 Å². The van der Waals surface area contributed by atoms with Crippen LogP contribution in [-0.2, 0) is 6.61 Å². The van der Waals surface area contributed by atoms with E-state index >= 15 is 0 Å². The number of hydrogen-bond acceptors (Lipinski definition) is 3. The van der Waals surface area contributed by atoms with Gasteiger partial charge in [0, 0.05) is 18.3 Å². The van der Waals surface area contributed by atoms with E-state index in [2.05, 4.69) is 0 Å². The normalized spacial score (nSPS) is 15.7. The highest BCUT2D eigenvalue weighted by Gasteiger charge is 2.25. The molecule has 17 heavy (non-hydrogen) atoms. The van der Waals surface area contributed by atoms with Crippen LogP contribution in [0.2, 0.25) is 0 Å². The highest BCUT2D eigenvalue weighted by Crippen LogP contribution is 2.30. The average Bonchev–Trinajstić information content (AvgIpc) is 2.25. The molecule has 0 atom stereocenters. The molecular formula is C13H18FNO2. The smallest absolute Gasteiger partial charge is 0.125 e. The number of aliphatic hydroxyl groups is 2. The van der Waals surface area contributed by atoms with Gasteiger partial charge in [0.05, 0.1) is 13.2 Å². The van der Waals surface area contributed by atoms with Gasteiger partial charge >= 0.3 is 0 Å². The number of halogens is 1. The Hall–Kier alpha value is -1.13. The fourth-order valence-electron chi connectivity index (χ4n) is 2.22. The molecular weight excluding hydrogens is 221 g/mol. The second-order valence-corrected chi connectivity index (χ2v) is 4.48. The van der Waals surface area contributed by atoms with Crippen molar-refractivity contribution in [2.75, 3.05) is 18.1 Å². The van der Waals surface area contributed by atoms with Gasteiger partial charge in [0.2, 0.25) is 0 Å². The minimum absolute atomic E-state index is 0.0570. The Kier molecular flexibility index (Phi) is 3.97. The molecule has 0 bridgehead atoms. The van der Waals surface area contributed by atoms with E-state index in [-0.39, 0.29) is 19.0 Å². The predicted molar refractivity (Wildman–Crippen MR) is 64.4 cm³/mol. The molecule has 0 spiro atoms. The van der Waals surface area contributed by atoms with Gasteiger partial charge in [-0.15, -0.1) is 0 Å². The van der Waals surface area contributed by atoms with Gasteiger partial charge in [-0.25, -0.2) is 4.39 Å². The van der Waals surface area contributed by atoms with Crippen molar-refractivity contribution in [1.82, 2.24) is 0 Å². The summed E-state index contributed by atoms with van der Waals surface area (Å²) in [6.07, 6.45) is 3.37. The lowest BCUT2D eigenvalue weighted by Crippen LogP contribution is -2.42. The summed E-state index contributed by atoms with van der Waals surface area (Å²) in [5.74, 6) is -0.339. The average molecular weight is 239 g/mol. The standard InChI is InChI=1S/C13H18FNO2/c14-11-6-10(9-17)7-13(8-11)15(4-5-16)12-2-1-3-12/h6-8,12,16-17H,1-5,9H2. The Morgan fingerprint density at radius 1 is 1.24 bits per heavy atom. The van der Waals surface area contributed by atoms with Crippen LogP contribution in [0.4, 0.5) is 10.1 Å². The maximum absolute atomic E-state index is 13.4. The van der Waals surface area contributed by atoms with Gasteiger partial charge in [0.1, 0.15) is 5.82 Å². The zero-order valence-corrected chi connectivity index (χ0v) is 9.77. The van der Waals surface area contributed by atoms with Crippen LogP contribution < -0.4 is 4.90 Å². The van der Waals surface area contributed by atoms with E-state index in [9.17, 15) is 4.39 Å². The van der Waals surface area contributed by atoms with Crippen molar-refractivity contribution >= 4 is 5.69 Å². The zero-order valence-electron chi connectivity index (χ0n) is 9.77. The molecule has 3 nitrogen and oxygen atoms in total. The van der Waals surface area contributed by atoms with Gasteiger partial charge in [-0.2, -0.15) is 0 Å². The lowest BCUT2D eigenvalue weighted by atomic mass is 9.91. The number of nitrogens with zero attached hydrogens (tertiary/aromatic N) is 1. The summed E-state index contributed by atoms with van der Waals surface area (Å²) >= 11 is 0. The Labute approximate surface area is 100 Å². The number of anilines is 1. The lowest BCUT2D eigenvalue weighted by Gasteiger charge is -2.39. The second kappa shape index (κ2) is 5.47. The monoisotopic (exact) mass is 239 g/mol. The Morgan fingerprint density at radius 2 is 2.00 bits per heavy atom. The minimum Gasteiger partial charge on any atom is -0.395 e. The third-order valence-electron chi connectivity index (χ3n) is 3.31. The van der Waals surface area contributed by atoms with Gasteiger partial charge in [-0.05, 0) is 43.0 Å². The number of benzene rings is 1. The second-order valence-electron chi connectivity index (χ2n) is 4.48. The van der Waals surface area contributed by atoms with E-state index in [4.69, 9.17) is 10.2 Å². The van der Waals surface area contributed by atoms with Crippen LogP contribution in [0.15, 0.2) is 18.2 Å². The first kappa shape index (κ1) is 12.3. The van der Waals surface area contributed by atoms with E-state index in [1.54, 1.807) is 6.07 Å². The van der Waals surface area contributed by atoms with E-state index in [1.165, 1.54) is 18.6 Å². The molecule has 1 aromatic carbocycles. The van der Waals surface area contributed by atoms with Crippen LogP contribution >= 0.6 is 0 Å². The summed E-state index contributed by atoms with van der Waals surface area (Å²) in [7, 11) is 0. The van der Waals surface area contributed by atoms with Gasteiger partial charge < -0.3 is 15.1 Å². The van der Waals surface area contributed by atoms with Crippen LogP contribution in [0.1, 0.15) is 24.8 Å². The van der Waals surface area contributed by atoms with Crippen LogP contribution in [-0.4, -0.2) is 29.4 Å². The summed E-state index contributed by atoms with van der Waals surface area (Å²) in [6, 6.07) is 4.99. The molecule has 0 unspecified atom stereocenters. The number of aliphatic hydroxyl groups excluding tert-OH is 2. The molecule has 1 aliphatic rings. The summed E-state index contributed by atoms with van der Waals surface area (Å²) in [5.41, 5.74) is 1.33. The fraction of sp³-hybridized carbons (Fsp3) is 0.538. The number of rotatable bonds is 5. The van der Waals surface area contributed by atoms with Gasteiger partial charge in [0.25, 0.3) is 0 Å². The molecule has 0 radical (unpaired) electrons. The molecule has 2 rings (SSSR count). The summed E-state index contributed by atoms with van der Waals surface area (Å²) in [6.45, 7) is 0.406. The third-order valence-corrected chi connectivity index (χ3v) is 3.31. The Bertz CT molecular complexity index is 380. The molecule has 0 saturated heterocycles. The van der Waals surface area contributed by atoms with Crippen molar-refractivity contribution in [2.24, 2.45) is 0 Å². The highest BCUT2D eigenvalue weighted by molar-refractivity contribution is 5.50. The third kappa shape index (κ3) is 2.76. The topological polar surface area (TPSA) is 43.7 Å². The molecule has 1 fully saturated rings. The molecule has 0 aliphatic heterocycles. The summed E-state index contributed by atoms with van der Waals surface area (Å²) in [4.78, 5) is 2.03. The highest BCUT2D eigenvalue weighted by atomic mass is 19.1.